The lowest BCUT2D eigenvalue weighted by atomic mass is 10.1. The third-order valence-corrected chi connectivity index (χ3v) is 4.18. The Morgan fingerprint density at radius 3 is 2.76 bits per heavy atom. The van der Waals surface area contributed by atoms with Gasteiger partial charge in [0.05, 0.1) is 12.0 Å². The Balaban J connectivity index is 2.00. The normalized spacial score (nSPS) is 18.5. The summed E-state index contributed by atoms with van der Waals surface area (Å²) in [5.74, 6) is 2.57. The van der Waals surface area contributed by atoms with Crippen molar-refractivity contribution in [2.24, 2.45) is 0 Å². The van der Waals surface area contributed by atoms with Crippen LogP contribution in [-0.2, 0) is 6.54 Å². The summed E-state index contributed by atoms with van der Waals surface area (Å²) in [5, 5.41) is 3.54. The molecule has 1 aliphatic heterocycles. The second-order valence-corrected chi connectivity index (χ2v) is 6.96. The van der Waals surface area contributed by atoms with Crippen LogP contribution in [0.3, 0.4) is 0 Å². The second kappa shape index (κ2) is 5.44. The molecule has 1 aromatic rings. The number of nitrogens with zero attached hydrogens (tertiary/aromatic N) is 2. The standard InChI is InChI=1S/C13H23N3S/c1-13(2,3)15-9-12-8-14-10-16(12)11-4-6-17-7-5-11/h8,10-11,15H,4-7,9H2,1-3H3. The number of rotatable bonds is 3. The predicted molar refractivity (Wildman–Crippen MR) is 74.4 cm³/mol. The highest BCUT2D eigenvalue weighted by Crippen LogP contribution is 2.27. The molecule has 0 saturated carbocycles. The van der Waals surface area contributed by atoms with Crippen molar-refractivity contribution in [3.63, 3.8) is 0 Å². The summed E-state index contributed by atoms with van der Waals surface area (Å²) in [4.78, 5) is 4.31. The molecule has 0 bridgehead atoms. The Hall–Kier alpha value is -0.480. The van der Waals surface area contributed by atoms with Crippen molar-refractivity contribution in [1.82, 2.24) is 14.9 Å². The first-order valence-corrected chi connectivity index (χ1v) is 7.55. The average Bonchev–Trinajstić information content (AvgIpc) is 2.75. The molecular formula is C13H23N3S. The van der Waals surface area contributed by atoms with Crippen molar-refractivity contribution >= 4 is 11.8 Å². The highest BCUT2D eigenvalue weighted by Gasteiger charge is 2.18. The first kappa shape index (κ1) is 13.0. The van der Waals surface area contributed by atoms with Crippen LogP contribution in [0.4, 0.5) is 0 Å². The lowest BCUT2D eigenvalue weighted by Crippen LogP contribution is -2.36. The fourth-order valence-corrected chi connectivity index (χ4v) is 3.20. The quantitative estimate of drug-likeness (QED) is 0.898. The SMILES string of the molecule is CC(C)(C)NCc1cncn1C1CCSCC1. The number of thioether (sulfide) groups is 1. The van der Waals surface area contributed by atoms with E-state index < -0.39 is 0 Å². The molecule has 4 heteroatoms. The summed E-state index contributed by atoms with van der Waals surface area (Å²) in [5.41, 5.74) is 1.48. The molecule has 0 aromatic carbocycles. The van der Waals surface area contributed by atoms with Gasteiger partial charge in [-0.25, -0.2) is 4.98 Å². The molecule has 0 spiro atoms. The van der Waals surface area contributed by atoms with Gasteiger partial charge in [0.25, 0.3) is 0 Å². The summed E-state index contributed by atoms with van der Waals surface area (Å²) in [6.07, 6.45) is 6.56. The van der Waals surface area contributed by atoms with E-state index in [9.17, 15) is 0 Å². The highest BCUT2D eigenvalue weighted by atomic mass is 32.2. The molecule has 0 atom stereocenters. The molecule has 2 heterocycles. The lowest BCUT2D eigenvalue weighted by molar-refractivity contribution is 0.398. The maximum Gasteiger partial charge on any atom is 0.0951 e. The van der Waals surface area contributed by atoms with Crippen molar-refractivity contribution in [3.8, 4) is 0 Å². The molecule has 1 fully saturated rings. The Morgan fingerprint density at radius 2 is 2.12 bits per heavy atom. The van der Waals surface area contributed by atoms with Crippen LogP contribution in [0, 0.1) is 0 Å². The minimum Gasteiger partial charge on any atom is -0.330 e. The molecule has 0 amide bonds. The van der Waals surface area contributed by atoms with E-state index in [1.807, 2.05) is 12.5 Å². The Bertz CT molecular complexity index is 348. The molecule has 2 rings (SSSR count). The van der Waals surface area contributed by atoms with Gasteiger partial charge in [0, 0.05) is 24.3 Å². The van der Waals surface area contributed by atoms with E-state index in [4.69, 9.17) is 0 Å². The number of hydrogen-bond acceptors (Lipinski definition) is 3. The Morgan fingerprint density at radius 1 is 1.41 bits per heavy atom. The predicted octanol–water partition coefficient (Wildman–Crippen LogP) is 2.84. The highest BCUT2D eigenvalue weighted by molar-refractivity contribution is 7.99. The molecule has 0 aliphatic carbocycles. The van der Waals surface area contributed by atoms with Gasteiger partial charge in [-0.2, -0.15) is 11.8 Å². The summed E-state index contributed by atoms with van der Waals surface area (Å²) in [6.45, 7) is 7.51. The van der Waals surface area contributed by atoms with Gasteiger partial charge in [-0.15, -0.1) is 0 Å². The third kappa shape index (κ3) is 3.75. The van der Waals surface area contributed by atoms with E-state index >= 15 is 0 Å². The summed E-state index contributed by atoms with van der Waals surface area (Å²) in [7, 11) is 0. The molecular weight excluding hydrogens is 230 g/mol. The summed E-state index contributed by atoms with van der Waals surface area (Å²) >= 11 is 2.07. The second-order valence-electron chi connectivity index (χ2n) is 5.74. The maximum atomic E-state index is 4.31. The van der Waals surface area contributed by atoms with E-state index in [2.05, 4.69) is 47.4 Å². The van der Waals surface area contributed by atoms with E-state index in [1.165, 1.54) is 30.0 Å². The molecule has 3 nitrogen and oxygen atoms in total. The van der Waals surface area contributed by atoms with Crippen LogP contribution in [0.25, 0.3) is 0 Å². The van der Waals surface area contributed by atoms with Crippen LogP contribution in [0.5, 0.6) is 0 Å². The van der Waals surface area contributed by atoms with Crippen LogP contribution in [-0.4, -0.2) is 26.6 Å². The fourth-order valence-electron chi connectivity index (χ4n) is 2.12. The van der Waals surface area contributed by atoms with Crippen molar-refractivity contribution in [3.05, 3.63) is 18.2 Å². The number of nitrogens with one attached hydrogen (secondary N) is 1. The van der Waals surface area contributed by atoms with Crippen LogP contribution in [0.1, 0.15) is 45.3 Å². The van der Waals surface area contributed by atoms with Gasteiger partial charge in [0.1, 0.15) is 0 Å². The van der Waals surface area contributed by atoms with Crippen molar-refractivity contribution in [2.75, 3.05) is 11.5 Å². The van der Waals surface area contributed by atoms with Gasteiger partial charge in [0.2, 0.25) is 0 Å². The lowest BCUT2D eigenvalue weighted by Gasteiger charge is -2.26. The largest absolute Gasteiger partial charge is 0.330 e. The fraction of sp³-hybridized carbons (Fsp3) is 0.769. The molecule has 1 N–H and O–H groups in total. The average molecular weight is 253 g/mol. The number of hydrogen-bond donors (Lipinski definition) is 1. The third-order valence-electron chi connectivity index (χ3n) is 3.13. The summed E-state index contributed by atoms with van der Waals surface area (Å²) in [6, 6.07) is 0.663. The van der Waals surface area contributed by atoms with Gasteiger partial charge >= 0.3 is 0 Å². The van der Waals surface area contributed by atoms with Crippen molar-refractivity contribution < 1.29 is 0 Å². The van der Waals surface area contributed by atoms with Crippen LogP contribution in [0.2, 0.25) is 0 Å². The van der Waals surface area contributed by atoms with Gasteiger partial charge in [-0.05, 0) is 45.1 Å². The zero-order valence-corrected chi connectivity index (χ0v) is 11.9. The topological polar surface area (TPSA) is 29.9 Å². The minimum absolute atomic E-state index is 0.164. The van der Waals surface area contributed by atoms with Crippen LogP contribution < -0.4 is 5.32 Å². The molecule has 1 aliphatic rings. The molecule has 1 saturated heterocycles. The monoisotopic (exact) mass is 253 g/mol. The molecule has 96 valence electrons. The zero-order chi connectivity index (χ0) is 12.3. The van der Waals surface area contributed by atoms with E-state index in [0.717, 1.165) is 6.54 Å². The van der Waals surface area contributed by atoms with Gasteiger partial charge in [-0.3, -0.25) is 0 Å². The molecule has 0 unspecified atom stereocenters. The summed E-state index contributed by atoms with van der Waals surface area (Å²) < 4.78 is 2.37. The van der Waals surface area contributed by atoms with Crippen molar-refractivity contribution in [1.29, 1.82) is 0 Å². The van der Waals surface area contributed by atoms with Gasteiger partial charge in [0.15, 0.2) is 0 Å². The number of imidazole rings is 1. The van der Waals surface area contributed by atoms with Crippen LogP contribution >= 0.6 is 11.8 Å². The van der Waals surface area contributed by atoms with Gasteiger partial charge in [-0.1, -0.05) is 0 Å². The van der Waals surface area contributed by atoms with Crippen LogP contribution in [0.15, 0.2) is 12.5 Å². The maximum absolute atomic E-state index is 4.31. The van der Waals surface area contributed by atoms with Gasteiger partial charge < -0.3 is 9.88 Å². The smallest absolute Gasteiger partial charge is 0.0951 e. The zero-order valence-electron chi connectivity index (χ0n) is 11.1. The van der Waals surface area contributed by atoms with E-state index in [0.29, 0.717) is 6.04 Å². The van der Waals surface area contributed by atoms with Crippen molar-refractivity contribution in [2.45, 2.75) is 51.7 Å². The first-order valence-electron chi connectivity index (χ1n) is 6.40. The minimum atomic E-state index is 0.164. The van der Waals surface area contributed by atoms with E-state index in [-0.39, 0.29) is 5.54 Å². The molecule has 17 heavy (non-hydrogen) atoms. The Labute approximate surface area is 108 Å². The Kier molecular flexibility index (Phi) is 4.15. The van der Waals surface area contributed by atoms with E-state index in [1.54, 1.807) is 0 Å². The molecule has 1 aromatic heterocycles. The molecule has 0 radical (unpaired) electrons. The first-order chi connectivity index (χ1) is 8.06. The number of aromatic nitrogens is 2.